The van der Waals surface area contributed by atoms with E-state index < -0.39 is 0 Å². The molecule has 4 heterocycles. The minimum absolute atomic E-state index is 0.815. The number of hydrogen-bond acceptors (Lipinski definition) is 2. The van der Waals surface area contributed by atoms with Crippen LogP contribution in [0.3, 0.4) is 0 Å². The average molecular weight is 711 g/mol. The lowest BCUT2D eigenvalue weighted by Crippen LogP contribution is -2.04. The Morgan fingerprint density at radius 2 is 1.00 bits per heavy atom. The summed E-state index contributed by atoms with van der Waals surface area (Å²) in [4.78, 5) is 11.0. The van der Waals surface area contributed by atoms with Gasteiger partial charge < -0.3 is 4.57 Å². The highest BCUT2D eigenvalue weighted by Crippen LogP contribution is 2.52. The minimum atomic E-state index is 0.815. The van der Waals surface area contributed by atoms with E-state index >= 15 is 0 Å². The third kappa shape index (κ3) is 3.92. The van der Waals surface area contributed by atoms with E-state index in [0.717, 1.165) is 39.1 Å². The van der Waals surface area contributed by atoms with E-state index in [9.17, 15) is 0 Å². The summed E-state index contributed by atoms with van der Waals surface area (Å²) in [6.07, 6.45) is 0. The number of rotatable bonds is 2. The summed E-state index contributed by atoms with van der Waals surface area (Å²) in [7, 11) is 0. The van der Waals surface area contributed by atoms with E-state index in [0.29, 0.717) is 0 Å². The molecule has 0 spiro atoms. The van der Waals surface area contributed by atoms with Gasteiger partial charge in [0.05, 0.1) is 38.8 Å². The molecule has 0 saturated heterocycles. The van der Waals surface area contributed by atoms with Crippen LogP contribution in [-0.4, -0.2) is 19.1 Å². The number of nitrogens with zero attached hydrogens (tertiary/aromatic N) is 4. The summed E-state index contributed by atoms with van der Waals surface area (Å²) < 4.78 is 4.88. The SMILES string of the molecule is c1ccc2c(c1)-c1ccccc1-n1c3ccccc3c3cc4c(c-2c31)c1ccccc1n4-c1nc2ccccc2nc1-c1ccc2c(ccc3ccccc32)c1. The monoisotopic (exact) mass is 710 g/mol. The van der Waals surface area contributed by atoms with E-state index in [1.54, 1.807) is 0 Å². The molecule has 1 aliphatic heterocycles. The Morgan fingerprint density at radius 1 is 0.375 bits per heavy atom. The second-order valence-electron chi connectivity index (χ2n) is 14.9. The van der Waals surface area contributed by atoms with Crippen molar-refractivity contribution in [1.29, 1.82) is 0 Å². The maximum absolute atomic E-state index is 5.53. The first-order valence-electron chi connectivity index (χ1n) is 19.2. The van der Waals surface area contributed by atoms with Gasteiger partial charge in [0.1, 0.15) is 5.69 Å². The summed E-state index contributed by atoms with van der Waals surface area (Å²) >= 11 is 0. The van der Waals surface area contributed by atoms with E-state index in [4.69, 9.17) is 9.97 Å². The predicted octanol–water partition coefficient (Wildman–Crippen LogP) is 13.4. The van der Waals surface area contributed by atoms with Crippen molar-refractivity contribution in [1.82, 2.24) is 19.1 Å². The summed E-state index contributed by atoms with van der Waals surface area (Å²) in [6, 6.07) is 65.9. The Kier molecular flexibility index (Phi) is 5.86. The highest BCUT2D eigenvalue weighted by molar-refractivity contribution is 6.28. The fraction of sp³-hybridized carbons (Fsp3) is 0. The van der Waals surface area contributed by atoms with Gasteiger partial charge in [-0.25, -0.2) is 9.97 Å². The molecule has 0 fully saturated rings. The maximum Gasteiger partial charge on any atom is 0.165 e. The molecule has 0 saturated carbocycles. The highest BCUT2D eigenvalue weighted by Gasteiger charge is 2.29. The average Bonchev–Trinajstić information content (AvgIpc) is 3.73. The topological polar surface area (TPSA) is 35.6 Å². The normalized spacial score (nSPS) is 12.3. The van der Waals surface area contributed by atoms with Crippen LogP contribution in [-0.2, 0) is 0 Å². The van der Waals surface area contributed by atoms with Gasteiger partial charge >= 0.3 is 0 Å². The van der Waals surface area contributed by atoms with Crippen molar-refractivity contribution < 1.29 is 0 Å². The van der Waals surface area contributed by atoms with Crippen molar-refractivity contribution in [2.45, 2.75) is 0 Å². The van der Waals surface area contributed by atoms with Crippen LogP contribution >= 0.6 is 0 Å². The second kappa shape index (κ2) is 11.0. The van der Waals surface area contributed by atoms with Crippen molar-refractivity contribution in [2.24, 2.45) is 0 Å². The molecule has 9 aromatic carbocycles. The third-order valence-electron chi connectivity index (χ3n) is 12.0. The van der Waals surface area contributed by atoms with Crippen LogP contribution in [0.5, 0.6) is 0 Å². The third-order valence-corrected chi connectivity index (χ3v) is 12.0. The van der Waals surface area contributed by atoms with Crippen molar-refractivity contribution in [3.8, 4) is 45.0 Å². The zero-order valence-electron chi connectivity index (χ0n) is 30.1. The first-order valence-corrected chi connectivity index (χ1v) is 19.2. The second-order valence-corrected chi connectivity index (χ2v) is 14.9. The van der Waals surface area contributed by atoms with Crippen molar-refractivity contribution in [2.75, 3.05) is 0 Å². The Morgan fingerprint density at radius 3 is 1.86 bits per heavy atom. The number of benzene rings is 9. The summed E-state index contributed by atoms with van der Waals surface area (Å²) in [6.45, 7) is 0. The molecule has 0 amide bonds. The molecule has 0 aliphatic carbocycles. The lowest BCUT2D eigenvalue weighted by molar-refractivity contribution is 1.08. The summed E-state index contributed by atoms with van der Waals surface area (Å²) in [5.74, 6) is 0.815. The molecule has 0 unspecified atom stereocenters. The van der Waals surface area contributed by atoms with Gasteiger partial charge in [0.2, 0.25) is 0 Å². The molecule has 0 radical (unpaired) electrons. The molecule has 4 nitrogen and oxygen atoms in total. The Balaban J connectivity index is 1.22. The van der Waals surface area contributed by atoms with Crippen LogP contribution in [0.25, 0.3) is 121 Å². The zero-order valence-corrected chi connectivity index (χ0v) is 30.1. The number of aromatic nitrogens is 4. The molecule has 12 aromatic rings. The fourth-order valence-corrected chi connectivity index (χ4v) is 9.65. The van der Waals surface area contributed by atoms with Gasteiger partial charge in [0.25, 0.3) is 0 Å². The molecule has 13 rings (SSSR count). The Bertz CT molecular complexity index is 3660. The number of para-hydroxylation sites is 5. The number of hydrogen-bond donors (Lipinski definition) is 0. The lowest BCUT2D eigenvalue weighted by Gasteiger charge is -2.15. The Hall–Kier alpha value is -7.56. The minimum Gasteiger partial charge on any atom is -0.308 e. The zero-order chi connectivity index (χ0) is 36.5. The van der Waals surface area contributed by atoms with Crippen LogP contribution < -0.4 is 0 Å². The van der Waals surface area contributed by atoms with Crippen molar-refractivity contribution in [3.63, 3.8) is 0 Å². The van der Waals surface area contributed by atoms with Gasteiger partial charge in [-0.2, -0.15) is 0 Å². The molecular weight excluding hydrogens is 681 g/mol. The van der Waals surface area contributed by atoms with Gasteiger partial charge in [0.15, 0.2) is 5.82 Å². The van der Waals surface area contributed by atoms with E-state index in [1.165, 1.54) is 82.1 Å². The Labute approximate surface area is 321 Å². The molecule has 3 aromatic heterocycles. The van der Waals surface area contributed by atoms with Crippen LogP contribution in [0, 0.1) is 0 Å². The summed E-state index contributed by atoms with van der Waals surface area (Å²) in [5, 5.41) is 9.73. The van der Waals surface area contributed by atoms with Crippen LogP contribution in [0.2, 0.25) is 0 Å². The predicted molar refractivity (Wildman–Crippen MR) is 233 cm³/mol. The van der Waals surface area contributed by atoms with Crippen LogP contribution in [0.4, 0.5) is 0 Å². The number of fused-ring (bicyclic) bond motifs is 16. The van der Waals surface area contributed by atoms with Gasteiger partial charge in [-0.3, -0.25) is 4.57 Å². The van der Waals surface area contributed by atoms with Gasteiger partial charge in [-0.15, -0.1) is 0 Å². The first kappa shape index (κ1) is 29.8. The van der Waals surface area contributed by atoms with Crippen LogP contribution in [0.1, 0.15) is 0 Å². The standard InChI is InChI=1S/C52H30N4/c1-2-14-34-31(13-1)25-26-32-29-33(27-28-35(32)34)50-52(54-43-21-9-8-20-42(43)53-50)56-46-24-12-7-19-40(46)48-47(56)30-41-38-17-6-11-23-45(38)55-44-22-10-5-16-37(44)36-15-3-4-18-39(36)49(48)51(41)55/h1-30H. The molecule has 0 atom stereocenters. The summed E-state index contributed by atoms with van der Waals surface area (Å²) in [5.41, 5.74) is 14.4. The quantitative estimate of drug-likeness (QED) is 0.167. The molecule has 56 heavy (non-hydrogen) atoms. The first-order chi connectivity index (χ1) is 27.8. The van der Waals surface area contributed by atoms with Gasteiger partial charge in [0, 0.05) is 38.2 Å². The molecule has 0 N–H and O–H groups in total. The molecule has 258 valence electrons. The molecule has 1 aliphatic rings. The van der Waals surface area contributed by atoms with E-state index in [1.807, 2.05) is 12.1 Å². The van der Waals surface area contributed by atoms with Gasteiger partial charge in [-0.1, -0.05) is 140 Å². The lowest BCUT2D eigenvalue weighted by atomic mass is 9.91. The molecule has 4 heteroatoms. The van der Waals surface area contributed by atoms with E-state index in [-0.39, 0.29) is 0 Å². The van der Waals surface area contributed by atoms with Gasteiger partial charge in [-0.05, 0) is 75.1 Å². The molecular formula is C52H30N4. The largest absolute Gasteiger partial charge is 0.308 e. The van der Waals surface area contributed by atoms with E-state index in [2.05, 4.69) is 179 Å². The van der Waals surface area contributed by atoms with Crippen molar-refractivity contribution in [3.05, 3.63) is 182 Å². The van der Waals surface area contributed by atoms with Crippen molar-refractivity contribution >= 4 is 76.2 Å². The van der Waals surface area contributed by atoms with Crippen LogP contribution in [0.15, 0.2) is 182 Å². The molecule has 0 bridgehead atoms. The fourth-order valence-electron chi connectivity index (χ4n) is 9.65. The smallest absolute Gasteiger partial charge is 0.165 e. The highest BCUT2D eigenvalue weighted by atomic mass is 15.1. The maximum atomic E-state index is 5.53.